The van der Waals surface area contributed by atoms with Crippen LogP contribution in [0.1, 0.15) is 24.2 Å². The molecule has 0 heterocycles. The second kappa shape index (κ2) is 10.3. The van der Waals surface area contributed by atoms with E-state index in [0.29, 0.717) is 43.4 Å². The summed E-state index contributed by atoms with van der Waals surface area (Å²) in [5.74, 6) is 1.03. The molecule has 0 aliphatic heterocycles. The predicted octanol–water partition coefficient (Wildman–Crippen LogP) is 4.31. The third-order valence-corrected chi connectivity index (χ3v) is 3.42. The zero-order chi connectivity index (χ0) is 18.8. The average Bonchev–Trinajstić information content (AvgIpc) is 2.65. The normalized spacial score (nSPS) is 10.2. The third kappa shape index (κ3) is 6.26. The fraction of sp³-hybridized carbons (Fsp3) is 0.286. The van der Waals surface area contributed by atoms with Crippen LogP contribution in [0.4, 0.5) is 5.69 Å². The lowest BCUT2D eigenvalue weighted by molar-refractivity contribution is 0.102. The summed E-state index contributed by atoms with van der Waals surface area (Å²) in [5.41, 5.74) is 2.05. The van der Waals surface area contributed by atoms with Gasteiger partial charge < -0.3 is 19.5 Å². The molecule has 0 fully saturated rings. The maximum absolute atomic E-state index is 12.5. The maximum atomic E-state index is 12.5. The van der Waals surface area contributed by atoms with Crippen LogP contribution in [0.3, 0.4) is 0 Å². The molecule has 0 aromatic heterocycles. The van der Waals surface area contributed by atoms with Gasteiger partial charge in [0.05, 0.1) is 12.2 Å². The topological polar surface area (TPSA) is 56.8 Å². The van der Waals surface area contributed by atoms with Crippen LogP contribution in [-0.4, -0.2) is 32.3 Å². The highest BCUT2D eigenvalue weighted by molar-refractivity contribution is 6.06. The summed E-state index contributed by atoms with van der Waals surface area (Å²) in [5, 5.41) is 2.87. The molecule has 2 aromatic carbocycles. The van der Waals surface area contributed by atoms with Gasteiger partial charge in [-0.2, -0.15) is 0 Å². The number of hydrogen-bond donors (Lipinski definition) is 1. The summed E-state index contributed by atoms with van der Waals surface area (Å²) < 4.78 is 16.4. The minimum Gasteiger partial charge on any atom is -0.491 e. The van der Waals surface area contributed by atoms with E-state index in [0.717, 1.165) is 11.3 Å². The van der Waals surface area contributed by atoms with Gasteiger partial charge in [0.2, 0.25) is 0 Å². The highest BCUT2D eigenvalue weighted by Gasteiger charge is 2.12. The Morgan fingerprint density at radius 1 is 1.04 bits per heavy atom. The van der Waals surface area contributed by atoms with E-state index in [1.165, 1.54) is 0 Å². The third-order valence-electron chi connectivity index (χ3n) is 3.42. The van der Waals surface area contributed by atoms with E-state index >= 15 is 0 Å². The summed E-state index contributed by atoms with van der Waals surface area (Å²) in [6.45, 7) is 9.72. The van der Waals surface area contributed by atoms with Crippen molar-refractivity contribution in [3.05, 3.63) is 66.2 Å². The Hall–Kier alpha value is -2.79. The second-order valence-corrected chi connectivity index (χ2v) is 5.77. The molecule has 26 heavy (non-hydrogen) atoms. The van der Waals surface area contributed by atoms with Crippen molar-refractivity contribution in [2.45, 2.75) is 13.8 Å². The molecule has 5 heteroatoms. The van der Waals surface area contributed by atoms with Crippen LogP contribution in [0.2, 0.25) is 0 Å². The number of nitrogens with one attached hydrogen (secondary N) is 1. The number of amides is 1. The molecule has 0 saturated carbocycles. The van der Waals surface area contributed by atoms with Crippen LogP contribution in [0.15, 0.2) is 60.7 Å². The predicted molar refractivity (Wildman–Crippen MR) is 103 cm³/mol. The molecule has 0 radical (unpaired) electrons. The fourth-order valence-corrected chi connectivity index (χ4v) is 2.18. The van der Waals surface area contributed by atoms with E-state index in [1.54, 1.807) is 30.3 Å². The molecule has 138 valence electrons. The van der Waals surface area contributed by atoms with E-state index in [2.05, 4.69) is 11.9 Å². The Morgan fingerprint density at radius 2 is 1.77 bits per heavy atom. The van der Waals surface area contributed by atoms with Crippen LogP contribution in [0.25, 0.3) is 0 Å². The van der Waals surface area contributed by atoms with Crippen molar-refractivity contribution in [2.75, 3.05) is 31.7 Å². The van der Waals surface area contributed by atoms with Crippen LogP contribution >= 0.6 is 0 Å². The van der Waals surface area contributed by atoms with Crippen LogP contribution in [0.5, 0.6) is 11.5 Å². The van der Waals surface area contributed by atoms with Gasteiger partial charge in [0.1, 0.15) is 24.7 Å². The monoisotopic (exact) mass is 355 g/mol. The minimum absolute atomic E-state index is 0.229. The average molecular weight is 355 g/mol. The van der Waals surface area contributed by atoms with Gasteiger partial charge in [0, 0.05) is 12.3 Å². The van der Waals surface area contributed by atoms with E-state index in [1.807, 2.05) is 32.0 Å². The molecule has 0 bridgehead atoms. The number of carbonyl (C=O) groups excluding carboxylic acids is 1. The Balaban J connectivity index is 1.96. The van der Waals surface area contributed by atoms with E-state index in [-0.39, 0.29) is 5.91 Å². The zero-order valence-corrected chi connectivity index (χ0v) is 15.3. The summed E-state index contributed by atoms with van der Waals surface area (Å²) in [6, 6.07) is 14.4. The first-order chi connectivity index (χ1) is 12.6. The lowest BCUT2D eigenvalue weighted by atomic mass is 10.2. The highest BCUT2D eigenvalue weighted by atomic mass is 16.5. The van der Waals surface area contributed by atoms with Gasteiger partial charge in [-0.25, -0.2) is 0 Å². The number of anilines is 1. The van der Waals surface area contributed by atoms with Gasteiger partial charge in [0.15, 0.2) is 0 Å². The van der Waals surface area contributed by atoms with Gasteiger partial charge in [0.25, 0.3) is 5.91 Å². The molecule has 2 rings (SSSR count). The van der Waals surface area contributed by atoms with Crippen molar-refractivity contribution in [1.82, 2.24) is 0 Å². The highest BCUT2D eigenvalue weighted by Crippen LogP contribution is 2.21. The van der Waals surface area contributed by atoms with Gasteiger partial charge in [-0.15, -0.1) is 0 Å². The van der Waals surface area contributed by atoms with E-state index < -0.39 is 0 Å². The van der Waals surface area contributed by atoms with Crippen molar-refractivity contribution in [3.8, 4) is 11.5 Å². The van der Waals surface area contributed by atoms with E-state index in [4.69, 9.17) is 14.2 Å². The fourth-order valence-electron chi connectivity index (χ4n) is 2.18. The second-order valence-electron chi connectivity index (χ2n) is 5.77. The Kier molecular flexibility index (Phi) is 7.71. The summed E-state index contributed by atoms with van der Waals surface area (Å²) in [7, 11) is 0. The quantitative estimate of drug-likeness (QED) is 0.510. The number of para-hydroxylation sites is 1. The molecular formula is C21H25NO4. The van der Waals surface area contributed by atoms with Crippen molar-refractivity contribution in [1.29, 1.82) is 0 Å². The van der Waals surface area contributed by atoms with Crippen molar-refractivity contribution in [2.24, 2.45) is 0 Å². The van der Waals surface area contributed by atoms with Crippen LogP contribution in [0, 0.1) is 0 Å². The van der Waals surface area contributed by atoms with Crippen LogP contribution < -0.4 is 14.8 Å². The Bertz CT molecular complexity index is 725. The number of ether oxygens (including phenoxy) is 3. The molecule has 0 saturated heterocycles. The smallest absolute Gasteiger partial charge is 0.259 e. The first-order valence-electron chi connectivity index (χ1n) is 8.58. The van der Waals surface area contributed by atoms with Gasteiger partial charge >= 0.3 is 0 Å². The lowest BCUT2D eigenvalue weighted by Crippen LogP contribution is -2.14. The molecule has 5 nitrogen and oxygen atoms in total. The molecule has 0 unspecified atom stereocenters. The summed E-state index contributed by atoms with van der Waals surface area (Å²) in [4.78, 5) is 12.5. The van der Waals surface area contributed by atoms with Gasteiger partial charge in [-0.3, -0.25) is 4.79 Å². The lowest BCUT2D eigenvalue weighted by Gasteiger charge is -2.12. The summed E-state index contributed by atoms with van der Waals surface area (Å²) in [6.07, 6.45) is 0. The maximum Gasteiger partial charge on any atom is 0.259 e. The SMILES string of the molecule is C=C(C)COc1ccccc1C(=O)Nc1ccc(OCCOCC)cc1. The number of carbonyl (C=O) groups is 1. The molecule has 0 spiro atoms. The van der Waals surface area contributed by atoms with Crippen molar-refractivity contribution in [3.63, 3.8) is 0 Å². The molecule has 1 amide bonds. The Morgan fingerprint density at radius 3 is 2.46 bits per heavy atom. The molecule has 0 aliphatic rings. The molecular weight excluding hydrogens is 330 g/mol. The molecule has 0 atom stereocenters. The van der Waals surface area contributed by atoms with Gasteiger partial charge in [-0.1, -0.05) is 18.7 Å². The Labute approximate surface area is 154 Å². The minimum atomic E-state index is -0.229. The molecule has 1 N–H and O–H groups in total. The van der Waals surface area contributed by atoms with Gasteiger partial charge in [-0.05, 0) is 55.8 Å². The van der Waals surface area contributed by atoms with Crippen molar-refractivity contribution < 1.29 is 19.0 Å². The summed E-state index contributed by atoms with van der Waals surface area (Å²) >= 11 is 0. The molecule has 2 aromatic rings. The number of rotatable bonds is 10. The number of hydrogen-bond acceptors (Lipinski definition) is 4. The first kappa shape index (κ1) is 19.5. The first-order valence-corrected chi connectivity index (χ1v) is 8.58. The number of benzene rings is 2. The molecule has 0 aliphatic carbocycles. The van der Waals surface area contributed by atoms with Crippen molar-refractivity contribution >= 4 is 11.6 Å². The van der Waals surface area contributed by atoms with Crippen LogP contribution in [-0.2, 0) is 4.74 Å². The zero-order valence-electron chi connectivity index (χ0n) is 15.3. The largest absolute Gasteiger partial charge is 0.491 e. The van der Waals surface area contributed by atoms with E-state index in [9.17, 15) is 4.79 Å². The standard InChI is InChI=1S/C21H25NO4/c1-4-24-13-14-25-18-11-9-17(10-12-18)22-21(23)19-7-5-6-8-20(19)26-15-16(2)3/h5-12H,2,4,13-15H2,1,3H3,(H,22,23).